The van der Waals surface area contributed by atoms with E-state index in [4.69, 9.17) is 0 Å². The van der Waals surface area contributed by atoms with Gasteiger partial charge in [0.1, 0.15) is 11.5 Å². The zero-order chi connectivity index (χ0) is 14.0. The van der Waals surface area contributed by atoms with Crippen molar-refractivity contribution in [1.29, 1.82) is 0 Å². The van der Waals surface area contributed by atoms with E-state index in [2.05, 4.69) is 6.92 Å². The third-order valence-electron chi connectivity index (χ3n) is 3.27. The molecule has 1 aromatic carbocycles. The molecule has 0 atom stereocenters. The molecule has 5 heteroatoms. The van der Waals surface area contributed by atoms with Crippen LogP contribution in [-0.2, 0) is 0 Å². The minimum absolute atomic E-state index is 0.00158. The van der Waals surface area contributed by atoms with Crippen molar-refractivity contribution in [3.63, 3.8) is 0 Å². The summed E-state index contributed by atoms with van der Waals surface area (Å²) in [5.41, 5.74) is 0.0799. The van der Waals surface area contributed by atoms with Crippen molar-refractivity contribution >= 4 is 11.8 Å². The summed E-state index contributed by atoms with van der Waals surface area (Å²) in [5.74, 6) is -1.48. The minimum Gasteiger partial charge on any atom is -0.508 e. The maximum atomic E-state index is 12.1. The smallest absolute Gasteiger partial charge is 0.265 e. The Labute approximate surface area is 111 Å². The molecule has 5 nitrogen and oxygen atoms in total. The third kappa shape index (κ3) is 2.41. The van der Waals surface area contributed by atoms with Gasteiger partial charge in [-0.2, -0.15) is 0 Å². The van der Waals surface area contributed by atoms with Crippen LogP contribution in [-0.4, -0.2) is 33.5 Å². The number of nitrogens with zero attached hydrogens (tertiary/aromatic N) is 1. The molecule has 1 aliphatic heterocycles. The average Bonchev–Trinajstić information content (AvgIpc) is 2.58. The van der Waals surface area contributed by atoms with Crippen LogP contribution >= 0.6 is 0 Å². The van der Waals surface area contributed by atoms with Gasteiger partial charge in [0.15, 0.2) is 0 Å². The first-order chi connectivity index (χ1) is 9.06. The number of hydrogen-bond donors (Lipinski definition) is 2. The van der Waals surface area contributed by atoms with E-state index in [9.17, 15) is 19.8 Å². The fourth-order valence-electron chi connectivity index (χ4n) is 2.28. The lowest BCUT2D eigenvalue weighted by atomic mass is 10.1. The van der Waals surface area contributed by atoms with Crippen LogP contribution in [0.4, 0.5) is 0 Å². The third-order valence-corrected chi connectivity index (χ3v) is 3.27. The number of fused-ring (bicyclic) bond motifs is 1. The van der Waals surface area contributed by atoms with E-state index in [0.29, 0.717) is 6.54 Å². The van der Waals surface area contributed by atoms with Crippen LogP contribution < -0.4 is 0 Å². The molecule has 0 radical (unpaired) electrons. The number of rotatable bonds is 5. The second-order valence-electron chi connectivity index (χ2n) is 4.71. The highest BCUT2D eigenvalue weighted by Gasteiger charge is 2.37. The Morgan fingerprint density at radius 1 is 1.05 bits per heavy atom. The maximum absolute atomic E-state index is 12.1. The molecule has 2 amide bonds. The number of imide groups is 1. The Morgan fingerprint density at radius 2 is 1.79 bits per heavy atom. The second kappa shape index (κ2) is 5.30. The number of carbonyl (C=O) groups is 2. The minimum atomic E-state index is -0.478. The molecule has 0 saturated carbocycles. The number of unbranched alkanes of at least 4 members (excludes halogenated alkanes) is 3. The predicted octanol–water partition coefficient (Wildman–Crippen LogP) is 2.27. The van der Waals surface area contributed by atoms with E-state index >= 15 is 0 Å². The lowest BCUT2D eigenvalue weighted by Gasteiger charge is -2.13. The normalized spacial score (nSPS) is 14.1. The van der Waals surface area contributed by atoms with Gasteiger partial charge >= 0.3 is 0 Å². The summed E-state index contributed by atoms with van der Waals surface area (Å²) in [6.45, 7) is 2.44. The molecule has 0 aromatic heterocycles. The van der Waals surface area contributed by atoms with Crippen molar-refractivity contribution in [1.82, 2.24) is 4.90 Å². The molecule has 0 aliphatic carbocycles. The summed E-state index contributed by atoms with van der Waals surface area (Å²) in [4.78, 5) is 25.3. The van der Waals surface area contributed by atoms with E-state index in [-0.39, 0.29) is 22.6 Å². The van der Waals surface area contributed by atoms with Crippen molar-refractivity contribution in [2.24, 2.45) is 0 Å². The Hall–Kier alpha value is -2.04. The van der Waals surface area contributed by atoms with Crippen molar-refractivity contribution in [3.8, 4) is 11.5 Å². The van der Waals surface area contributed by atoms with Gasteiger partial charge < -0.3 is 10.2 Å². The highest BCUT2D eigenvalue weighted by molar-refractivity contribution is 6.22. The molecule has 19 heavy (non-hydrogen) atoms. The van der Waals surface area contributed by atoms with Crippen LogP contribution in [0.2, 0.25) is 0 Å². The van der Waals surface area contributed by atoms with Crippen LogP contribution in [0.15, 0.2) is 12.1 Å². The molecular formula is C14H17NO4. The molecule has 0 bridgehead atoms. The van der Waals surface area contributed by atoms with Gasteiger partial charge in [-0.25, -0.2) is 0 Å². The van der Waals surface area contributed by atoms with E-state index in [1.807, 2.05) is 0 Å². The molecule has 0 fully saturated rings. The number of hydrogen-bond acceptors (Lipinski definition) is 4. The molecule has 0 unspecified atom stereocenters. The summed E-state index contributed by atoms with van der Waals surface area (Å²) >= 11 is 0. The van der Waals surface area contributed by atoms with Gasteiger partial charge in [-0.1, -0.05) is 26.2 Å². The Kier molecular flexibility index (Phi) is 3.74. The number of aromatic hydroxyl groups is 2. The van der Waals surface area contributed by atoms with Gasteiger partial charge in [0, 0.05) is 12.6 Å². The Balaban J connectivity index is 2.17. The molecule has 0 spiro atoms. The maximum Gasteiger partial charge on any atom is 0.265 e. The average molecular weight is 263 g/mol. The van der Waals surface area contributed by atoms with Gasteiger partial charge in [-0.15, -0.1) is 0 Å². The summed E-state index contributed by atoms with van der Waals surface area (Å²) in [6.07, 6.45) is 3.86. The standard InChI is InChI=1S/C14H17NO4/c1-2-3-4-5-6-15-13(18)10-7-9(16)8-11(17)12(10)14(15)19/h7-8,16-17H,2-6H2,1H3. The number of benzene rings is 1. The molecule has 1 aliphatic rings. The van der Waals surface area contributed by atoms with Crippen LogP contribution in [0, 0.1) is 0 Å². The lowest BCUT2D eigenvalue weighted by Crippen LogP contribution is -2.30. The molecule has 0 saturated heterocycles. The first kappa shape index (κ1) is 13.4. The topological polar surface area (TPSA) is 77.8 Å². The zero-order valence-electron chi connectivity index (χ0n) is 10.8. The SMILES string of the molecule is CCCCCCN1C(=O)c2cc(O)cc(O)c2C1=O. The van der Waals surface area contributed by atoms with E-state index < -0.39 is 11.8 Å². The zero-order valence-corrected chi connectivity index (χ0v) is 10.8. The first-order valence-electron chi connectivity index (χ1n) is 6.48. The molecule has 1 heterocycles. The summed E-state index contributed by atoms with van der Waals surface area (Å²) in [6, 6.07) is 2.30. The van der Waals surface area contributed by atoms with Gasteiger partial charge in [-0.05, 0) is 12.5 Å². The van der Waals surface area contributed by atoms with Crippen molar-refractivity contribution in [2.75, 3.05) is 6.54 Å². The van der Waals surface area contributed by atoms with Crippen LogP contribution in [0.25, 0.3) is 0 Å². The fraction of sp³-hybridized carbons (Fsp3) is 0.429. The molecule has 2 N–H and O–H groups in total. The first-order valence-corrected chi connectivity index (χ1v) is 6.48. The largest absolute Gasteiger partial charge is 0.508 e. The molecule has 2 rings (SSSR count). The number of phenolic OH excluding ortho intramolecular Hbond substituents is 2. The van der Waals surface area contributed by atoms with Crippen LogP contribution in [0.3, 0.4) is 0 Å². The highest BCUT2D eigenvalue weighted by atomic mass is 16.3. The second-order valence-corrected chi connectivity index (χ2v) is 4.71. The lowest BCUT2D eigenvalue weighted by molar-refractivity contribution is 0.0650. The molecule has 102 valence electrons. The predicted molar refractivity (Wildman–Crippen MR) is 69.3 cm³/mol. The van der Waals surface area contributed by atoms with Gasteiger partial charge in [0.2, 0.25) is 0 Å². The summed E-state index contributed by atoms with van der Waals surface area (Å²) in [7, 11) is 0. The van der Waals surface area contributed by atoms with E-state index in [1.165, 1.54) is 6.07 Å². The summed E-state index contributed by atoms with van der Waals surface area (Å²) in [5, 5.41) is 19.0. The van der Waals surface area contributed by atoms with Crippen molar-refractivity contribution in [3.05, 3.63) is 23.3 Å². The van der Waals surface area contributed by atoms with Crippen LogP contribution in [0.1, 0.15) is 53.3 Å². The van der Waals surface area contributed by atoms with Crippen LogP contribution in [0.5, 0.6) is 11.5 Å². The van der Waals surface area contributed by atoms with Crippen molar-refractivity contribution in [2.45, 2.75) is 32.6 Å². The highest BCUT2D eigenvalue weighted by Crippen LogP contribution is 2.33. The number of carbonyl (C=O) groups excluding carboxylic acids is 2. The Bertz CT molecular complexity index is 524. The molecular weight excluding hydrogens is 246 g/mol. The quantitative estimate of drug-likeness (QED) is 0.631. The van der Waals surface area contributed by atoms with Gasteiger partial charge in [0.25, 0.3) is 11.8 Å². The molecule has 1 aromatic rings. The Morgan fingerprint density at radius 3 is 2.47 bits per heavy atom. The monoisotopic (exact) mass is 263 g/mol. The van der Waals surface area contributed by atoms with E-state index in [1.54, 1.807) is 0 Å². The summed E-state index contributed by atoms with van der Waals surface area (Å²) < 4.78 is 0. The van der Waals surface area contributed by atoms with Gasteiger partial charge in [-0.3, -0.25) is 14.5 Å². The van der Waals surface area contributed by atoms with E-state index in [0.717, 1.165) is 36.6 Å². The fourth-order valence-corrected chi connectivity index (χ4v) is 2.28. The van der Waals surface area contributed by atoms with Crippen molar-refractivity contribution < 1.29 is 19.8 Å². The van der Waals surface area contributed by atoms with Gasteiger partial charge in [0.05, 0.1) is 11.1 Å². The number of phenols is 2. The number of amides is 2.